The Morgan fingerprint density at radius 3 is 2.28 bits per heavy atom. The summed E-state index contributed by atoms with van der Waals surface area (Å²) in [6.07, 6.45) is 0. The SMILES string of the molecule is CCN(C(=O)c1ccc(S)cc1)C(C)CN(C)C. The number of carbonyl (C=O) groups excluding carboxylic acids is 1. The van der Waals surface area contributed by atoms with E-state index in [4.69, 9.17) is 0 Å². The van der Waals surface area contributed by atoms with Crippen LogP contribution in [0.4, 0.5) is 0 Å². The van der Waals surface area contributed by atoms with Crippen LogP contribution in [0.25, 0.3) is 0 Å². The van der Waals surface area contributed by atoms with Gasteiger partial charge in [0.2, 0.25) is 0 Å². The second kappa shape index (κ2) is 6.81. The van der Waals surface area contributed by atoms with E-state index in [2.05, 4.69) is 24.5 Å². The number of nitrogens with zero attached hydrogens (tertiary/aromatic N) is 2. The minimum atomic E-state index is 0.0835. The van der Waals surface area contributed by atoms with Gasteiger partial charge in [-0.1, -0.05) is 0 Å². The van der Waals surface area contributed by atoms with Crippen LogP contribution < -0.4 is 0 Å². The Balaban J connectivity index is 2.81. The lowest BCUT2D eigenvalue weighted by molar-refractivity contribution is 0.0679. The van der Waals surface area contributed by atoms with E-state index in [0.29, 0.717) is 0 Å². The number of amides is 1. The molecule has 1 aromatic rings. The molecule has 0 aliphatic carbocycles. The number of thiol groups is 1. The molecule has 0 heterocycles. The molecular formula is C14H22N2OS. The summed E-state index contributed by atoms with van der Waals surface area (Å²) in [4.78, 5) is 17.3. The number of benzene rings is 1. The van der Waals surface area contributed by atoms with Crippen molar-refractivity contribution in [3.05, 3.63) is 29.8 Å². The van der Waals surface area contributed by atoms with E-state index in [0.717, 1.165) is 23.5 Å². The third-order valence-electron chi connectivity index (χ3n) is 2.88. The van der Waals surface area contributed by atoms with E-state index in [1.54, 1.807) is 0 Å². The average molecular weight is 266 g/mol. The summed E-state index contributed by atoms with van der Waals surface area (Å²) >= 11 is 4.23. The molecule has 0 spiro atoms. The molecule has 4 heteroatoms. The molecule has 0 saturated carbocycles. The van der Waals surface area contributed by atoms with Crippen LogP contribution in [0.2, 0.25) is 0 Å². The van der Waals surface area contributed by atoms with Gasteiger partial charge in [0.25, 0.3) is 5.91 Å². The number of likely N-dealkylation sites (N-methyl/N-ethyl adjacent to an activating group) is 2. The van der Waals surface area contributed by atoms with Crippen LogP contribution in [0.5, 0.6) is 0 Å². The van der Waals surface area contributed by atoms with Crippen LogP contribution in [0.1, 0.15) is 24.2 Å². The van der Waals surface area contributed by atoms with Gasteiger partial charge in [0.15, 0.2) is 0 Å². The van der Waals surface area contributed by atoms with Gasteiger partial charge in [0.05, 0.1) is 0 Å². The average Bonchev–Trinajstić information content (AvgIpc) is 2.29. The van der Waals surface area contributed by atoms with Gasteiger partial charge in [0, 0.05) is 29.6 Å². The predicted octanol–water partition coefficient (Wildman–Crippen LogP) is 2.39. The molecule has 3 nitrogen and oxygen atoms in total. The number of carbonyl (C=O) groups is 1. The fourth-order valence-electron chi connectivity index (χ4n) is 2.05. The summed E-state index contributed by atoms with van der Waals surface area (Å²) in [6.45, 7) is 5.67. The lowest BCUT2D eigenvalue weighted by atomic mass is 10.1. The van der Waals surface area contributed by atoms with E-state index in [1.165, 1.54) is 0 Å². The van der Waals surface area contributed by atoms with Crippen molar-refractivity contribution in [1.29, 1.82) is 0 Å². The second-order valence-corrected chi connectivity index (χ2v) is 5.27. The van der Waals surface area contributed by atoms with Crippen molar-refractivity contribution in [3.63, 3.8) is 0 Å². The second-order valence-electron chi connectivity index (χ2n) is 4.75. The third-order valence-corrected chi connectivity index (χ3v) is 3.18. The van der Waals surface area contributed by atoms with E-state index < -0.39 is 0 Å². The van der Waals surface area contributed by atoms with Gasteiger partial charge < -0.3 is 9.80 Å². The van der Waals surface area contributed by atoms with Crippen molar-refractivity contribution >= 4 is 18.5 Å². The van der Waals surface area contributed by atoms with Crippen LogP contribution in [0.3, 0.4) is 0 Å². The third kappa shape index (κ3) is 4.03. The monoisotopic (exact) mass is 266 g/mol. The van der Waals surface area contributed by atoms with Crippen molar-refractivity contribution in [1.82, 2.24) is 9.80 Å². The Labute approximate surface area is 115 Å². The fourth-order valence-corrected chi connectivity index (χ4v) is 2.20. The summed E-state index contributed by atoms with van der Waals surface area (Å²) in [5, 5.41) is 0. The Kier molecular flexibility index (Phi) is 5.69. The van der Waals surface area contributed by atoms with E-state index in [9.17, 15) is 4.79 Å². The molecule has 0 N–H and O–H groups in total. The molecule has 100 valence electrons. The van der Waals surface area contributed by atoms with Crippen molar-refractivity contribution in [2.45, 2.75) is 24.8 Å². The number of hydrogen-bond donors (Lipinski definition) is 1. The minimum absolute atomic E-state index is 0.0835. The van der Waals surface area contributed by atoms with Gasteiger partial charge in [-0.2, -0.15) is 0 Å². The maximum Gasteiger partial charge on any atom is 0.254 e. The molecule has 1 unspecified atom stereocenters. The van der Waals surface area contributed by atoms with Crippen LogP contribution in [-0.4, -0.2) is 48.9 Å². The zero-order valence-electron chi connectivity index (χ0n) is 11.6. The number of hydrogen-bond acceptors (Lipinski definition) is 3. The first-order valence-electron chi connectivity index (χ1n) is 6.20. The van der Waals surface area contributed by atoms with Gasteiger partial charge >= 0.3 is 0 Å². The molecule has 1 aromatic carbocycles. The number of rotatable bonds is 5. The minimum Gasteiger partial charge on any atom is -0.335 e. The van der Waals surface area contributed by atoms with Gasteiger partial charge in [0.1, 0.15) is 0 Å². The first-order chi connectivity index (χ1) is 8.45. The van der Waals surface area contributed by atoms with Gasteiger partial charge in [-0.3, -0.25) is 4.79 Å². The summed E-state index contributed by atoms with van der Waals surface area (Å²) < 4.78 is 0. The molecule has 0 bridgehead atoms. The first kappa shape index (κ1) is 15.1. The summed E-state index contributed by atoms with van der Waals surface area (Å²) in [7, 11) is 4.04. The highest BCUT2D eigenvalue weighted by Gasteiger charge is 2.20. The zero-order valence-corrected chi connectivity index (χ0v) is 12.4. The van der Waals surface area contributed by atoms with Crippen molar-refractivity contribution in [3.8, 4) is 0 Å². The van der Waals surface area contributed by atoms with E-state index in [-0.39, 0.29) is 11.9 Å². The molecule has 0 aliphatic heterocycles. The lowest BCUT2D eigenvalue weighted by Gasteiger charge is -2.30. The Hall–Kier alpha value is -1.00. The Morgan fingerprint density at radius 1 is 1.28 bits per heavy atom. The maximum atomic E-state index is 12.4. The first-order valence-corrected chi connectivity index (χ1v) is 6.65. The topological polar surface area (TPSA) is 23.6 Å². The van der Waals surface area contributed by atoms with Gasteiger partial charge in [-0.25, -0.2) is 0 Å². The summed E-state index contributed by atoms with van der Waals surface area (Å²) in [5.74, 6) is 0.0835. The molecule has 0 saturated heterocycles. The lowest BCUT2D eigenvalue weighted by Crippen LogP contribution is -2.43. The van der Waals surface area contributed by atoms with Crippen LogP contribution >= 0.6 is 12.6 Å². The Bertz CT molecular complexity index is 389. The normalized spacial score (nSPS) is 12.6. The van der Waals surface area contributed by atoms with Crippen molar-refractivity contribution < 1.29 is 4.79 Å². The molecule has 1 amide bonds. The molecule has 0 radical (unpaired) electrons. The van der Waals surface area contributed by atoms with Crippen LogP contribution in [-0.2, 0) is 0 Å². The van der Waals surface area contributed by atoms with Crippen LogP contribution in [0, 0.1) is 0 Å². The van der Waals surface area contributed by atoms with E-state index >= 15 is 0 Å². The van der Waals surface area contributed by atoms with Crippen molar-refractivity contribution in [2.75, 3.05) is 27.2 Å². The predicted molar refractivity (Wildman–Crippen MR) is 78.4 cm³/mol. The quantitative estimate of drug-likeness (QED) is 0.827. The zero-order chi connectivity index (χ0) is 13.7. The highest BCUT2D eigenvalue weighted by molar-refractivity contribution is 7.80. The highest BCUT2D eigenvalue weighted by Crippen LogP contribution is 2.12. The fraction of sp³-hybridized carbons (Fsp3) is 0.500. The molecule has 0 fully saturated rings. The molecular weight excluding hydrogens is 244 g/mol. The summed E-state index contributed by atoms with van der Waals surface area (Å²) in [5.41, 5.74) is 0.722. The molecule has 18 heavy (non-hydrogen) atoms. The molecule has 1 rings (SSSR count). The molecule has 1 atom stereocenters. The van der Waals surface area contributed by atoms with Gasteiger partial charge in [-0.15, -0.1) is 12.6 Å². The maximum absolute atomic E-state index is 12.4. The van der Waals surface area contributed by atoms with Gasteiger partial charge in [-0.05, 0) is 52.2 Å². The van der Waals surface area contributed by atoms with Crippen molar-refractivity contribution in [2.24, 2.45) is 0 Å². The largest absolute Gasteiger partial charge is 0.335 e. The smallest absolute Gasteiger partial charge is 0.254 e. The molecule has 0 aliphatic rings. The molecule has 0 aromatic heterocycles. The summed E-state index contributed by atoms with van der Waals surface area (Å²) in [6, 6.07) is 7.56. The van der Waals surface area contributed by atoms with E-state index in [1.807, 2.05) is 50.2 Å². The standard InChI is InChI=1S/C14H22N2OS/c1-5-16(11(2)10-15(3)4)14(17)12-6-8-13(18)9-7-12/h6-9,11,18H,5,10H2,1-4H3. The van der Waals surface area contributed by atoms with Crippen LogP contribution in [0.15, 0.2) is 29.2 Å². The highest BCUT2D eigenvalue weighted by atomic mass is 32.1. The Morgan fingerprint density at radius 2 is 1.83 bits per heavy atom.